The lowest BCUT2D eigenvalue weighted by molar-refractivity contribution is -0.385. The van der Waals surface area contributed by atoms with Crippen LogP contribution >= 0.6 is 0 Å². The predicted molar refractivity (Wildman–Crippen MR) is 51.8 cm³/mol. The molecule has 14 heavy (non-hydrogen) atoms. The van der Waals surface area contributed by atoms with Crippen LogP contribution in [0.4, 0.5) is 5.69 Å². The number of nitro groups is 1. The second-order valence-corrected chi connectivity index (χ2v) is 2.98. The maximum Gasteiger partial charge on any atom is 0.272 e. The normalized spacial score (nSPS) is 9.43. The summed E-state index contributed by atoms with van der Waals surface area (Å²) in [5.41, 5.74) is 1.66. The molecule has 0 amide bonds. The van der Waals surface area contributed by atoms with Crippen molar-refractivity contribution in [2.75, 3.05) is 0 Å². The Morgan fingerprint density at radius 1 is 1.57 bits per heavy atom. The van der Waals surface area contributed by atoms with Gasteiger partial charge in [-0.25, -0.2) is 0 Å². The van der Waals surface area contributed by atoms with E-state index in [0.29, 0.717) is 18.4 Å². The van der Waals surface area contributed by atoms with Gasteiger partial charge in [-0.2, -0.15) is 5.26 Å². The molecule has 0 spiro atoms. The Balaban J connectivity index is 3.02. The molecule has 1 aromatic rings. The molecule has 0 saturated carbocycles. The average molecular weight is 190 g/mol. The van der Waals surface area contributed by atoms with Crippen LogP contribution in [0.15, 0.2) is 18.2 Å². The van der Waals surface area contributed by atoms with Gasteiger partial charge in [0.15, 0.2) is 0 Å². The van der Waals surface area contributed by atoms with E-state index in [9.17, 15) is 10.1 Å². The molecule has 0 fully saturated rings. The Kier molecular flexibility index (Phi) is 3.19. The van der Waals surface area contributed by atoms with Crippen molar-refractivity contribution in [1.29, 1.82) is 5.26 Å². The number of hydrogen-bond acceptors (Lipinski definition) is 3. The first-order valence-corrected chi connectivity index (χ1v) is 4.26. The zero-order chi connectivity index (χ0) is 10.6. The number of hydrogen-bond donors (Lipinski definition) is 0. The molecule has 0 atom stereocenters. The lowest BCUT2D eigenvalue weighted by Crippen LogP contribution is -1.96. The first-order valence-electron chi connectivity index (χ1n) is 4.26. The Morgan fingerprint density at radius 2 is 2.29 bits per heavy atom. The monoisotopic (exact) mass is 190 g/mol. The number of nitro benzene ring substituents is 1. The summed E-state index contributed by atoms with van der Waals surface area (Å²) in [6, 6.07) is 6.97. The van der Waals surface area contributed by atoms with Gasteiger partial charge in [-0.15, -0.1) is 0 Å². The number of rotatable bonds is 3. The van der Waals surface area contributed by atoms with Crippen LogP contribution in [0.5, 0.6) is 0 Å². The van der Waals surface area contributed by atoms with E-state index in [0.717, 1.165) is 5.56 Å². The minimum Gasteiger partial charge on any atom is -0.258 e. The highest BCUT2D eigenvalue weighted by atomic mass is 16.6. The first kappa shape index (κ1) is 10.2. The highest BCUT2D eigenvalue weighted by Crippen LogP contribution is 2.21. The van der Waals surface area contributed by atoms with Gasteiger partial charge in [-0.3, -0.25) is 10.1 Å². The fourth-order valence-corrected chi connectivity index (χ4v) is 1.33. The lowest BCUT2D eigenvalue weighted by atomic mass is 10.0. The molecule has 72 valence electrons. The Hall–Kier alpha value is -1.89. The van der Waals surface area contributed by atoms with Gasteiger partial charge in [0.1, 0.15) is 0 Å². The SMILES string of the molecule is Cc1c(CCC#N)cccc1[N+](=O)[O-]. The summed E-state index contributed by atoms with van der Waals surface area (Å²) in [5.74, 6) is 0. The van der Waals surface area contributed by atoms with Gasteiger partial charge >= 0.3 is 0 Å². The van der Waals surface area contributed by atoms with Gasteiger partial charge in [0, 0.05) is 18.1 Å². The van der Waals surface area contributed by atoms with Gasteiger partial charge < -0.3 is 0 Å². The second kappa shape index (κ2) is 4.38. The lowest BCUT2D eigenvalue weighted by Gasteiger charge is -2.03. The van der Waals surface area contributed by atoms with Crippen molar-refractivity contribution in [3.8, 4) is 6.07 Å². The molecule has 0 aliphatic rings. The van der Waals surface area contributed by atoms with E-state index in [-0.39, 0.29) is 5.69 Å². The van der Waals surface area contributed by atoms with Crippen LogP contribution < -0.4 is 0 Å². The zero-order valence-electron chi connectivity index (χ0n) is 7.86. The maximum atomic E-state index is 10.6. The van der Waals surface area contributed by atoms with Gasteiger partial charge in [0.2, 0.25) is 0 Å². The summed E-state index contributed by atoms with van der Waals surface area (Å²) in [7, 11) is 0. The molecule has 0 aliphatic carbocycles. The predicted octanol–water partition coefficient (Wildman–Crippen LogP) is 2.36. The van der Waals surface area contributed by atoms with E-state index < -0.39 is 4.92 Å². The minimum atomic E-state index is -0.398. The van der Waals surface area contributed by atoms with Crippen LogP contribution in [-0.4, -0.2) is 4.92 Å². The third kappa shape index (κ3) is 2.07. The molecule has 0 aromatic heterocycles. The Labute approximate surface area is 81.9 Å². The third-order valence-electron chi connectivity index (χ3n) is 2.12. The molecule has 4 nitrogen and oxygen atoms in total. The fraction of sp³-hybridized carbons (Fsp3) is 0.300. The summed E-state index contributed by atoms with van der Waals surface area (Å²) >= 11 is 0. The molecule has 0 saturated heterocycles. The topological polar surface area (TPSA) is 66.9 Å². The van der Waals surface area contributed by atoms with E-state index in [1.54, 1.807) is 13.0 Å². The van der Waals surface area contributed by atoms with Crippen LogP contribution in [0.25, 0.3) is 0 Å². The summed E-state index contributed by atoms with van der Waals surface area (Å²) in [6.45, 7) is 1.71. The highest BCUT2D eigenvalue weighted by molar-refractivity contribution is 5.44. The van der Waals surface area contributed by atoms with Gasteiger partial charge in [0.05, 0.1) is 11.0 Å². The summed E-state index contributed by atoms with van der Waals surface area (Å²) in [5, 5.41) is 19.0. The van der Waals surface area contributed by atoms with Crippen LogP contribution in [0, 0.1) is 28.4 Å². The molecule has 0 aliphatic heterocycles. The van der Waals surface area contributed by atoms with Crippen molar-refractivity contribution >= 4 is 5.69 Å². The Morgan fingerprint density at radius 3 is 2.86 bits per heavy atom. The van der Waals surface area contributed by atoms with Crippen molar-refractivity contribution in [3.63, 3.8) is 0 Å². The van der Waals surface area contributed by atoms with E-state index in [4.69, 9.17) is 5.26 Å². The molecular weight excluding hydrogens is 180 g/mol. The van der Waals surface area contributed by atoms with Gasteiger partial charge in [-0.1, -0.05) is 12.1 Å². The van der Waals surface area contributed by atoms with Gasteiger partial charge in [-0.05, 0) is 18.9 Å². The van der Waals surface area contributed by atoms with Crippen LogP contribution in [-0.2, 0) is 6.42 Å². The molecule has 0 unspecified atom stereocenters. The first-order chi connectivity index (χ1) is 6.66. The zero-order valence-corrected chi connectivity index (χ0v) is 7.86. The smallest absolute Gasteiger partial charge is 0.258 e. The third-order valence-corrected chi connectivity index (χ3v) is 2.12. The van der Waals surface area contributed by atoms with Crippen molar-refractivity contribution in [2.45, 2.75) is 19.8 Å². The van der Waals surface area contributed by atoms with Crippen molar-refractivity contribution < 1.29 is 4.92 Å². The molecule has 0 bridgehead atoms. The van der Waals surface area contributed by atoms with Crippen molar-refractivity contribution in [3.05, 3.63) is 39.4 Å². The molecule has 0 heterocycles. The molecule has 0 radical (unpaired) electrons. The second-order valence-electron chi connectivity index (χ2n) is 2.98. The quantitative estimate of drug-likeness (QED) is 0.542. The fourth-order valence-electron chi connectivity index (χ4n) is 1.33. The number of nitriles is 1. The summed E-state index contributed by atoms with van der Waals surface area (Å²) in [4.78, 5) is 10.2. The molecule has 0 N–H and O–H groups in total. The summed E-state index contributed by atoms with van der Waals surface area (Å²) in [6.07, 6.45) is 0.964. The molecular formula is C10H10N2O2. The minimum absolute atomic E-state index is 0.125. The van der Waals surface area contributed by atoms with E-state index in [1.165, 1.54) is 6.07 Å². The van der Waals surface area contributed by atoms with Crippen molar-refractivity contribution in [2.24, 2.45) is 0 Å². The summed E-state index contributed by atoms with van der Waals surface area (Å²) < 4.78 is 0. The van der Waals surface area contributed by atoms with Crippen LogP contribution in [0.3, 0.4) is 0 Å². The number of aryl methyl sites for hydroxylation is 1. The highest BCUT2D eigenvalue weighted by Gasteiger charge is 2.12. The average Bonchev–Trinajstić information content (AvgIpc) is 2.16. The van der Waals surface area contributed by atoms with E-state index in [2.05, 4.69) is 0 Å². The van der Waals surface area contributed by atoms with E-state index >= 15 is 0 Å². The molecule has 1 aromatic carbocycles. The largest absolute Gasteiger partial charge is 0.272 e. The molecule has 4 heteroatoms. The number of benzene rings is 1. The molecule has 1 rings (SSSR count). The van der Waals surface area contributed by atoms with Crippen LogP contribution in [0.2, 0.25) is 0 Å². The van der Waals surface area contributed by atoms with Gasteiger partial charge in [0.25, 0.3) is 5.69 Å². The maximum absolute atomic E-state index is 10.6. The van der Waals surface area contributed by atoms with Crippen LogP contribution in [0.1, 0.15) is 17.5 Å². The van der Waals surface area contributed by atoms with Crippen molar-refractivity contribution in [1.82, 2.24) is 0 Å². The Bertz CT molecular complexity index is 394. The van der Waals surface area contributed by atoms with E-state index in [1.807, 2.05) is 12.1 Å². The number of nitrogens with zero attached hydrogens (tertiary/aromatic N) is 2. The standard InChI is InChI=1S/C10H10N2O2/c1-8-9(5-3-7-11)4-2-6-10(8)12(13)14/h2,4,6H,3,5H2,1H3.